The van der Waals surface area contributed by atoms with E-state index < -0.39 is 0 Å². The van der Waals surface area contributed by atoms with Crippen molar-refractivity contribution < 1.29 is 0 Å². The van der Waals surface area contributed by atoms with Gasteiger partial charge in [-0.2, -0.15) is 0 Å². The van der Waals surface area contributed by atoms with Crippen LogP contribution in [0.5, 0.6) is 0 Å². The van der Waals surface area contributed by atoms with Crippen LogP contribution in [-0.4, -0.2) is 21.5 Å². The molecular weight excluding hydrogens is 713 g/mol. The molecule has 0 saturated carbocycles. The summed E-state index contributed by atoms with van der Waals surface area (Å²) in [6, 6.07) is 66.1. The smallest absolute Gasteiger partial charge is 0.160 e. The highest BCUT2D eigenvalue weighted by Gasteiger charge is 2.32. The van der Waals surface area contributed by atoms with Crippen molar-refractivity contribution in [2.24, 2.45) is 15.9 Å². The zero-order valence-electron chi connectivity index (χ0n) is 31.5. The molecule has 0 N–H and O–H groups in total. The maximum absolute atomic E-state index is 5.45. The summed E-state index contributed by atoms with van der Waals surface area (Å²) in [6.45, 7) is 2.25. The number of amidine groups is 1. The molecule has 5 heteroatoms. The molecule has 0 amide bonds. The summed E-state index contributed by atoms with van der Waals surface area (Å²) in [7, 11) is 0. The van der Waals surface area contributed by atoms with Gasteiger partial charge in [-0.3, -0.25) is 4.99 Å². The maximum Gasteiger partial charge on any atom is 0.160 e. The van der Waals surface area contributed by atoms with Gasteiger partial charge < -0.3 is 0 Å². The van der Waals surface area contributed by atoms with Gasteiger partial charge in [0.05, 0.1) is 23.1 Å². The van der Waals surface area contributed by atoms with Gasteiger partial charge in [0.2, 0.25) is 0 Å². The van der Waals surface area contributed by atoms with Gasteiger partial charge in [0.25, 0.3) is 0 Å². The van der Waals surface area contributed by atoms with Crippen LogP contribution in [0.2, 0.25) is 0 Å². The van der Waals surface area contributed by atoms with Gasteiger partial charge in [0.15, 0.2) is 11.7 Å². The normalized spacial score (nSPS) is 15.4. The second kappa shape index (κ2) is 15.0. The fraction of sp³-hybridized carbons (Fsp3) is 0.0769. The third kappa shape index (κ3) is 6.77. The molecule has 57 heavy (non-hydrogen) atoms. The molecule has 0 bridgehead atoms. The Morgan fingerprint density at radius 3 is 1.79 bits per heavy atom. The molecule has 1 aliphatic heterocycles. The van der Waals surface area contributed by atoms with Gasteiger partial charge in [-0.1, -0.05) is 171 Å². The van der Waals surface area contributed by atoms with E-state index in [1.165, 1.54) is 36.9 Å². The second-order valence-electron chi connectivity index (χ2n) is 14.5. The average molecular weight is 751 g/mol. The van der Waals surface area contributed by atoms with Crippen molar-refractivity contribution in [2.45, 2.75) is 19.4 Å². The number of hydrogen-bond donors (Lipinski definition) is 0. The third-order valence-electron chi connectivity index (χ3n) is 10.9. The van der Waals surface area contributed by atoms with Crippen LogP contribution in [0.4, 0.5) is 0 Å². The Balaban J connectivity index is 1.08. The number of hydrogen-bond acceptors (Lipinski definition) is 5. The first-order valence-electron chi connectivity index (χ1n) is 19.5. The molecule has 0 saturated heterocycles. The van der Waals surface area contributed by atoms with E-state index in [0.29, 0.717) is 5.82 Å². The molecule has 0 radical (unpaired) electrons. The van der Waals surface area contributed by atoms with Gasteiger partial charge in [0, 0.05) is 48.3 Å². The van der Waals surface area contributed by atoms with Crippen LogP contribution in [0.3, 0.4) is 0 Å². The lowest BCUT2D eigenvalue weighted by Gasteiger charge is -2.30. The largest absolute Gasteiger partial charge is 0.257 e. The fourth-order valence-electron chi connectivity index (χ4n) is 8.01. The SMILES string of the molecule is CCC1C(c2cccc(-c3cc(-c4ccc(-c5ccccc5)cc4)nc(-c4ccccc4)n3)c2)=NC(c2ccc3c(c2)sc2ccccc23)=NC1c1ccccc1. The molecule has 4 nitrogen and oxygen atoms in total. The van der Waals surface area contributed by atoms with Gasteiger partial charge in [0.1, 0.15) is 0 Å². The van der Waals surface area contributed by atoms with Crippen LogP contribution < -0.4 is 0 Å². The van der Waals surface area contributed by atoms with E-state index in [-0.39, 0.29) is 12.0 Å². The minimum absolute atomic E-state index is 0.0744. The van der Waals surface area contributed by atoms with Crippen molar-refractivity contribution in [2.75, 3.05) is 0 Å². The predicted molar refractivity (Wildman–Crippen MR) is 239 cm³/mol. The minimum atomic E-state index is -0.0744. The van der Waals surface area contributed by atoms with E-state index in [9.17, 15) is 0 Å². The number of aromatic nitrogens is 2. The zero-order chi connectivity index (χ0) is 38.1. The Kier molecular flexibility index (Phi) is 9.13. The molecular formula is C52H38N4S. The number of fused-ring (bicyclic) bond motifs is 3. The summed E-state index contributed by atoms with van der Waals surface area (Å²) in [6.07, 6.45) is 0.892. The lowest BCUT2D eigenvalue weighted by atomic mass is 9.82. The first-order valence-corrected chi connectivity index (χ1v) is 20.3. The number of nitrogens with zero attached hydrogens (tertiary/aromatic N) is 4. The Morgan fingerprint density at radius 1 is 0.456 bits per heavy atom. The Labute approximate surface area is 336 Å². The molecule has 2 unspecified atom stereocenters. The van der Waals surface area contributed by atoms with E-state index in [0.717, 1.165) is 57.2 Å². The lowest BCUT2D eigenvalue weighted by molar-refractivity contribution is 0.532. The Bertz CT molecular complexity index is 2930. The Morgan fingerprint density at radius 2 is 1.04 bits per heavy atom. The molecule has 272 valence electrons. The van der Waals surface area contributed by atoms with Gasteiger partial charge in [-0.25, -0.2) is 15.0 Å². The standard InChI is InChI=1S/C52H38N4S/c1-2-42-49(37-17-8-4-9-18-37)55-52(41-29-30-44-43-23-12-13-24-47(43)57-48(44)32-41)56-50(42)40-22-14-21-39(31-40)46-33-45(53-51(54-46)38-19-10-5-11-20-38)36-27-25-35(26-28-36)34-15-6-3-7-16-34/h3-33,42,49H,2H2,1H3. The predicted octanol–water partition coefficient (Wildman–Crippen LogP) is 13.5. The highest BCUT2D eigenvalue weighted by molar-refractivity contribution is 7.25. The van der Waals surface area contributed by atoms with E-state index >= 15 is 0 Å². The zero-order valence-corrected chi connectivity index (χ0v) is 32.3. The minimum Gasteiger partial charge on any atom is -0.257 e. The van der Waals surface area contributed by atoms with Crippen LogP contribution in [0, 0.1) is 5.92 Å². The topological polar surface area (TPSA) is 50.5 Å². The quantitative estimate of drug-likeness (QED) is 0.155. The monoisotopic (exact) mass is 750 g/mol. The van der Waals surface area contributed by atoms with Crippen molar-refractivity contribution in [1.82, 2.24) is 9.97 Å². The summed E-state index contributed by atoms with van der Waals surface area (Å²) in [5.74, 6) is 1.55. The summed E-state index contributed by atoms with van der Waals surface area (Å²) < 4.78 is 2.53. The lowest BCUT2D eigenvalue weighted by Crippen LogP contribution is -2.28. The average Bonchev–Trinajstić information content (AvgIpc) is 3.67. The molecule has 0 fully saturated rings. The van der Waals surface area contributed by atoms with Crippen molar-refractivity contribution in [3.05, 3.63) is 205 Å². The number of thiophene rings is 1. The summed E-state index contributed by atoms with van der Waals surface area (Å²) in [5.41, 5.74) is 11.5. The summed E-state index contributed by atoms with van der Waals surface area (Å²) in [4.78, 5) is 21.2. The van der Waals surface area contributed by atoms with E-state index in [4.69, 9.17) is 20.0 Å². The van der Waals surface area contributed by atoms with E-state index in [1.807, 2.05) is 35.6 Å². The molecule has 1 aliphatic rings. The molecule has 7 aromatic carbocycles. The Hall–Kier alpha value is -6.82. The first kappa shape index (κ1) is 34.7. The van der Waals surface area contributed by atoms with Crippen LogP contribution in [0.25, 0.3) is 65.2 Å². The van der Waals surface area contributed by atoms with Crippen LogP contribution >= 0.6 is 11.3 Å². The van der Waals surface area contributed by atoms with Gasteiger partial charge >= 0.3 is 0 Å². The number of benzene rings is 7. The van der Waals surface area contributed by atoms with Crippen molar-refractivity contribution in [3.63, 3.8) is 0 Å². The third-order valence-corrected chi connectivity index (χ3v) is 12.1. The summed E-state index contributed by atoms with van der Waals surface area (Å²) >= 11 is 1.82. The molecule has 9 aromatic rings. The van der Waals surface area contributed by atoms with Crippen molar-refractivity contribution in [3.8, 4) is 45.0 Å². The fourth-order valence-corrected chi connectivity index (χ4v) is 9.16. The summed E-state index contributed by atoms with van der Waals surface area (Å²) in [5, 5.41) is 2.56. The molecule has 10 rings (SSSR count). The molecule has 2 atom stereocenters. The highest BCUT2D eigenvalue weighted by Crippen LogP contribution is 2.39. The van der Waals surface area contributed by atoms with Crippen LogP contribution in [-0.2, 0) is 0 Å². The van der Waals surface area contributed by atoms with E-state index in [2.05, 4.69) is 171 Å². The van der Waals surface area contributed by atoms with Gasteiger partial charge in [-0.15, -0.1) is 11.3 Å². The van der Waals surface area contributed by atoms with Crippen LogP contribution in [0.15, 0.2) is 198 Å². The van der Waals surface area contributed by atoms with Crippen molar-refractivity contribution in [1.29, 1.82) is 0 Å². The molecule has 0 spiro atoms. The molecule has 3 heterocycles. The number of rotatable bonds is 8. The molecule has 0 aliphatic carbocycles. The maximum atomic E-state index is 5.45. The van der Waals surface area contributed by atoms with Crippen molar-refractivity contribution >= 4 is 43.1 Å². The highest BCUT2D eigenvalue weighted by atomic mass is 32.1. The second-order valence-corrected chi connectivity index (χ2v) is 15.6. The van der Waals surface area contributed by atoms with Crippen LogP contribution in [0.1, 0.15) is 36.1 Å². The van der Waals surface area contributed by atoms with E-state index in [1.54, 1.807) is 0 Å². The number of aliphatic imine (C=N–C) groups is 2. The van der Waals surface area contributed by atoms with Gasteiger partial charge in [-0.05, 0) is 52.9 Å². The first-order chi connectivity index (χ1) is 28.2. The molecule has 2 aromatic heterocycles.